The lowest BCUT2D eigenvalue weighted by molar-refractivity contribution is -0.137. The number of aliphatic carboxylic acids is 1. The van der Waals surface area contributed by atoms with Gasteiger partial charge in [0.15, 0.2) is 0 Å². The fraction of sp³-hybridized carbons (Fsp3) is 0.529. The molecule has 3 rings (SSSR count). The van der Waals surface area contributed by atoms with Crippen molar-refractivity contribution in [3.63, 3.8) is 0 Å². The molecule has 140 valence electrons. The van der Waals surface area contributed by atoms with E-state index >= 15 is 0 Å². The normalized spacial score (nSPS) is 15.4. The number of carboxylic acids is 1. The lowest BCUT2D eigenvalue weighted by atomic mass is 10.2. The minimum Gasteiger partial charge on any atom is -0.481 e. The first-order valence-electron chi connectivity index (χ1n) is 8.67. The van der Waals surface area contributed by atoms with E-state index in [1.165, 1.54) is 16.4 Å². The second-order valence-corrected chi connectivity index (χ2v) is 6.62. The van der Waals surface area contributed by atoms with Gasteiger partial charge in [-0.15, -0.1) is 0 Å². The molecule has 9 heteroatoms. The van der Waals surface area contributed by atoms with Gasteiger partial charge in [-0.05, 0) is 6.92 Å². The third kappa shape index (κ3) is 4.29. The highest BCUT2D eigenvalue weighted by molar-refractivity contribution is 5.93. The van der Waals surface area contributed by atoms with Gasteiger partial charge in [-0.3, -0.25) is 23.9 Å². The maximum atomic E-state index is 12.6. The van der Waals surface area contributed by atoms with E-state index in [1.807, 2.05) is 29.7 Å². The molecule has 1 saturated heterocycles. The summed E-state index contributed by atoms with van der Waals surface area (Å²) in [6.45, 7) is 6.07. The molecule has 9 nitrogen and oxygen atoms in total. The zero-order chi connectivity index (χ0) is 18.7. The van der Waals surface area contributed by atoms with Crippen LogP contribution in [0.4, 0.5) is 0 Å². The van der Waals surface area contributed by atoms with Gasteiger partial charge in [-0.1, -0.05) is 0 Å². The Balaban J connectivity index is 1.52. The van der Waals surface area contributed by atoms with Crippen LogP contribution in [0.15, 0.2) is 18.6 Å². The smallest absolute Gasteiger partial charge is 0.305 e. The number of aromatic nitrogens is 4. The molecule has 1 amide bonds. The van der Waals surface area contributed by atoms with Crippen LogP contribution in [0.5, 0.6) is 0 Å². The number of nitrogens with zero attached hydrogens (tertiary/aromatic N) is 6. The Morgan fingerprint density at radius 1 is 1.19 bits per heavy atom. The molecular formula is C17H24N6O3. The van der Waals surface area contributed by atoms with E-state index in [0.29, 0.717) is 18.7 Å². The number of amides is 1. The predicted octanol–water partition coefficient (Wildman–Crippen LogP) is 0.358. The molecule has 1 aliphatic rings. The molecule has 0 bridgehead atoms. The van der Waals surface area contributed by atoms with Crippen molar-refractivity contribution in [2.24, 2.45) is 7.05 Å². The SMILES string of the molecule is Cc1nn(C)cc1CN1CCN(C(=O)c2cnn(CCC(=O)O)c2)CC1. The first-order valence-corrected chi connectivity index (χ1v) is 8.67. The summed E-state index contributed by atoms with van der Waals surface area (Å²) in [5, 5.41) is 17.2. The largest absolute Gasteiger partial charge is 0.481 e. The second kappa shape index (κ2) is 7.69. The van der Waals surface area contributed by atoms with Crippen LogP contribution in [-0.2, 0) is 24.9 Å². The average Bonchev–Trinajstić information content (AvgIpc) is 3.20. The number of carboxylic acid groups (broad SMARTS) is 1. The van der Waals surface area contributed by atoms with Crippen LogP contribution in [0, 0.1) is 6.92 Å². The minimum absolute atomic E-state index is 0.0122. The van der Waals surface area contributed by atoms with Gasteiger partial charge in [0.05, 0.1) is 30.4 Å². The summed E-state index contributed by atoms with van der Waals surface area (Å²) in [5.74, 6) is -0.933. The molecule has 3 heterocycles. The molecule has 0 aliphatic carbocycles. The van der Waals surface area contributed by atoms with Crippen molar-refractivity contribution < 1.29 is 14.7 Å². The molecule has 2 aromatic heterocycles. The molecule has 0 unspecified atom stereocenters. The molecule has 2 aromatic rings. The number of carbonyl (C=O) groups is 2. The molecule has 0 spiro atoms. The fourth-order valence-corrected chi connectivity index (χ4v) is 3.14. The van der Waals surface area contributed by atoms with Crippen molar-refractivity contribution in [2.75, 3.05) is 26.2 Å². The maximum absolute atomic E-state index is 12.6. The Kier molecular flexibility index (Phi) is 5.36. The molecule has 26 heavy (non-hydrogen) atoms. The van der Waals surface area contributed by atoms with Gasteiger partial charge in [0.1, 0.15) is 0 Å². The van der Waals surface area contributed by atoms with E-state index in [2.05, 4.69) is 15.1 Å². The first kappa shape index (κ1) is 18.1. The summed E-state index contributed by atoms with van der Waals surface area (Å²) in [7, 11) is 1.92. The van der Waals surface area contributed by atoms with Gasteiger partial charge in [0.2, 0.25) is 0 Å². The standard InChI is InChI=1S/C17H24N6O3/c1-13-15(10-20(2)19-13)11-21-5-7-22(8-6-21)17(26)14-9-18-23(12-14)4-3-16(24)25/h9-10,12H,3-8,11H2,1-2H3,(H,24,25). The van der Waals surface area contributed by atoms with E-state index in [1.54, 1.807) is 6.20 Å². The first-order chi connectivity index (χ1) is 12.4. The summed E-state index contributed by atoms with van der Waals surface area (Å²) < 4.78 is 3.33. The van der Waals surface area contributed by atoms with Crippen LogP contribution in [-0.4, -0.2) is 72.5 Å². The molecule has 0 radical (unpaired) electrons. The van der Waals surface area contributed by atoms with Gasteiger partial charge < -0.3 is 10.0 Å². The molecule has 1 aliphatic heterocycles. The third-order valence-electron chi connectivity index (χ3n) is 4.60. The topological polar surface area (TPSA) is 96.5 Å². The highest BCUT2D eigenvalue weighted by Gasteiger charge is 2.23. The Morgan fingerprint density at radius 2 is 1.92 bits per heavy atom. The summed E-state index contributed by atoms with van der Waals surface area (Å²) in [4.78, 5) is 27.4. The molecule has 0 saturated carbocycles. The number of hydrogen-bond donors (Lipinski definition) is 1. The number of aryl methyl sites for hydroxylation is 3. The van der Waals surface area contributed by atoms with Crippen LogP contribution >= 0.6 is 0 Å². The number of hydrogen-bond acceptors (Lipinski definition) is 5. The minimum atomic E-state index is -0.881. The van der Waals surface area contributed by atoms with Crippen molar-refractivity contribution in [3.8, 4) is 0 Å². The summed E-state index contributed by atoms with van der Waals surface area (Å²) in [6.07, 6.45) is 5.16. The van der Waals surface area contributed by atoms with Crippen LogP contribution < -0.4 is 0 Å². The molecular weight excluding hydrogens is 336 g/mol. The van der Waals surface area contributed by atoms with Gasteiger partial charge in [0, 0.05) is 57.7 Å². The van der Waals surface area contributed by atoms with Crippen LogP contribution in [0.3, 0.4) is 0 Å². The molecule has 1 N–H and O–H groups in total. The zero-order valence-corrected chi connectivity index (χ0v) is 15.1. The van der Waals surface area contributed by atoms with E-state index < -0.39 is 5.97 Å². The average molecular weight is 360 g/mol. The van der Waals surface area contributed by atoms with E-state index in [0.717, 1.165) is 25.3 Å². The Morgan fingerprint density at radius 3 is 2.54 bits per heavy atom. The van der Waals surface area contributed by atoms with Gasteiger partial charge in [-0.2, -0.15) is 10.2 Å². The quantitative estimate of drug-likeness (QED) is 0.799. The van der Waals surface area contributed by atoms with Gasteiger partial charge in [0.25, 0.3) is 5.91 Å². The summed E-state index contributed by atoms with van der Waals surface area (Å²) >= 11 is 0. The number of piperazine rings is 1. The van der Waals surface area contributed by atoms with Crippen molar-refractivity contribution in [1.82, 2.24) is 29.4 Å². The Hall–Kier alpha value is -2.68. The van der Waals surface area contributed by atoms with Crippen molar-refractivity contribution >= 4 is 11.9 Å². The summed E-state index contributed by atoms with van der Waals surface area (Å²) in [6, 6.07) is 0. The van der Waals surface area contributed by atoms with Crippen LogP contribution in [0.2, 0.25) is 0 Å². The Labute approximate surface area is 151 Å². The number of rotatable bonds is 6. The Bertz CT molecular complexity index is 788. The predicted molar refractivity (Wildman–Crippen MR) is 93.6 cm³/mol. The molecule has 0 aromatic carbocycles. The van der Waals surface area contributed by atoms with Gasteiger partial charge in [-0.25, -0.2) is 0 Å². The maximum Gasteiger partial charge on any atom is 0.305 e. The van der Waals surface area contributed by atoms with Gasteiger partial charge >= 0.3 is 5.97 Å². The lowest BCUT2D eigenvalue weighted by Gasteiger charge is -2.34. The second-order valence-electron chi connectivity index (χ2n) is 6.62. The van der Waals surface area contributed by atoms with Crippen LogP contribution in [0.1, 0.15) is 28.0 Å². The van der Waals surface area contributed by atoms with Crippen molar-refractivity contribution in [2.45, 2.75) is 26.4 Å². The third-order valence-corrected chi connectivity index (χ3v) is 4.60. The van der Waals surface area contributed by atoms with Crippen molar-refractivity contribution in [3.05, 3.63) is 35.4 Å². The number of carbonyl (C=O) groups excluding carboxylic acids is 1. The summed E-state index contributed by atoms with van der Waals surface area (Å²) in [5.41, 5.74) is 2.76. The van der Waals surface area contributed by atoms with Crippen LogP contribution in [0.25, 0.3) is 0 Å². The monoisotopic (exact) mass is 360 g/mol. The van der Waals surface area contributed by atoms with E-state index in [4.69, 9.17) is 5.11 Å². The lowest BCUT2D eigenvalue weighted by Crippen LogP contribution is -2.48. The van der Waals surface area contributed by atoms with E-state index in [-0.39, 0.29) is 18.9 Å². The zero-order valence-electron chi connectivity index (χ0n) is 15.1. The fourth-order valence-electron chi connectivity index (χ4n) is 3.14. The molecule has 1 fully saturated rings. The van der Waals surface area contributed by atoms with Crippen molar-refractivity contribution in [1.29, 1.82) is 0 Å². The highest BCUT2D eigenvalue weighted by atomic mass is 16.4. The highest BCUT2D eigenvalue weighted by Crippen LogP contribution is 2.13. The molecule has 0 atom stereocenters. The van der Waals surface area contributed by atoms with E-state index in [9.17, 15) is 9.59 Å².